The summed E-state index contributed by atoms with van der Waals surface area (Å²) in [4.78, 5) is 0. The third-order valence-electron chi connectivity index (χ3n) is 2.21. The van der Waals surface area contributed by atoms with E-state index >= 15 is 0 Å². The smallest absolute Gasteiger partial charge is 0.162 e. The maximum absolute atomic E-state index is 13.1. The number of benzene rings is 1. The molecule has 68 valence electrons. The predicted octanol–water partition coefficient (Wildman–Crippen LogP) is 2.51. The van der Waals surface area contributed by atoms with Gasteiger partial charge < -0.3 is 5.11 Å². The van der Waals surface area contributed by atoms with E-state index in [9.17, 15) is 8.78 Å². The van der Waals surface area contributed by atoms with E-state index in [1.54, 1.807) is 12.1 Å². The van der Waals surface area contributed by atoms with Gasteiger partial charge in [0.05, 0.1) is 5.76 Å². The first-order chi connectivity index (χ1) is 6.18. The fourth-order valence-electron chi connectivity index (χ4n) is 1.50. The van der Waals surface area contributed by atoms with E-state index in [1.807, 2.05) is 0 Å². The van der Waals surface area contributed by atoms with Crippen molar-refractivity contribution < 1.29 is 13.9 Å². The average Bonchev–Trinajstić information content (AvgIpc) is 2.12. The largest absolute Gasteiger partial charge is 0.512 e. The molecule has 13 heavy (non-hydrogen) atoms. The number of aliphatic hydroxyl groups excluding tert-OH is 1. The second-order valence-corrected chi connectivity index (χ2v) is 3.08. The van der Waals surface area contributed by atoms with Crippen LogP contribution in [0.15, 0.2) is 24.0 Å². The standard InChI is InChI=1S/C10H8F2O/c11-9-4-2-6-1-3-7(13)5-8(6)10(9)12/h2-4,13H,1,5H2. The van der Waals surface area contributed by atoms with Gasteiger partial charge >= 0.3 is 0 Å². The van der Waals surface area contributed by atoms with Gasteiger partial charge in [0, 0.05) is 12.0 Å². The fraction of sp³-hybridized carbons (Fsp3) is 0.200. The molecular weight excluding hydrogens is 174 g/mol. The molecule has 1 nitrogen and oxygen atoms in total. The lowest BCUT2D eigenvalue weighted by Crippen LogP contribution is -2.06. The quantitative estimate of drug-likeness (QED) is 0.653. The Morgan fingerprint density at radius 2 is 2.00 bits per heavy atom. The molecule has 3 heteroatoms. The molecule has 0 aliphatic heterocycles. The molecule has 1 aliphatic rings. The van der Waals surface area contributed by atoms with E-state index in [4.69, 9.17) is 5.11 Å². The Morgan fingerprint density at radius 1 is 1.23 bits per heavy atom. The lowest BCUT2D eigenvalue weighted by molar-refractivity contribution is 0.387. The van der Waals surface area contributed by atoms with E-state index < -0.39 is 11.6 Å². The van der Waals surface area contributed by atoms with Crippen LogP contribution in [0.2, 0.25) is 0 Å². The van der Waals surface area contributed by atoms with Crippen LogP contribution in [0.25, 0.3) is 0 Å². The van der Waals surface area contributed by atoms with Gasteiger partial charge in [-0.1, -0.05) is 6.07 Å². The summed E-state index contributed by atoms with van der Waals surface area (Å²) in [6.07, 6.45) is 2.18. The van der Waals surface area contributed by atoms with Crippen molar-refractivity contribution in [1.29, 1.82) is 0 Å². The normalized spacial score (nSPS) is 15.1. The molecule has 0 fully saturated rings. The Bertz CT molecular complexity index is 383. The third-order valence-corrected chi connectivity index (χ3v) is 2.21. The second kappa shape index (κ2) is 2.83. The van der Waals surface area contributed by atoms with Gasteiger partial charge in [0.15, 0.2) is 11.6 Å². The van der Waals surface area contributed by atoms with Gasteiger partial charge in [0.2, 0.25) is 0 Å². The minimum absolute atomic E-state index is 0.0962. The van der Waals surface area contributed by atoms with Crippen LogP contribution in [0.3, 0.4) is 0 Å². The first-order valence-electron chi connectivity index (χ1n) is 4.02. The van der Waals surface area contributed by atoms with Crippen LogP contribution in [0.5, 0.6) is 0 Å². The third kappa shape index (κ3) is 1.30. The van der Waals surface area contributed by atoms with Crippen LogP contribution in [0.1, 0.15) is 11.1 Å². The molecule has 2 rings (SSSR count). The molecule has 0 unspecified atom stereocenters. The molecule has 0 saturated carbocycles. The number of halogens is 2. The van der Waals surface area contributed by atoms with Crippen molar-refractivity contribution in [2.45, 2.75) is 12.8 Å². The first-order valence-corrected chi connectivity index (χ1v) is 4.02. The SMILES string of the molecule is OC1=CCc2ccc(F)c(F)c2C1. The van der Waals surface area contributed by atoms with Gasteiger partial charge in [-0.25, -0.2) is 8.78 Å². The van der Waals surface area contributed by atoms with Gasteiger partial charge in [-0.05, 0) is 24.1 Å². The topological polar surface area (TPSA) is 20.2 Å². The van der Waals surface area contributed by atoms with Crippen molar-refractivity contribution in [1.82, 2.24) is 0 Å². The Morgan fingerprint density at radius 3 is 2.77 bits per heavy atom. The number of hydrogen-bond donors (Lipinski definition) is 1. The van der Waals surface area contributed by atoms with E-state index in [-0.39, 0.29) is 17.7 Å². The Kier molecular flexibility index (Phi) is 1.79. The summed E-state index contributed by atoms with van der Waals surface area (Å²) in [6.45, 7) is 0. The summed E-state index contributed by atoms with van der Waals surface area (Å²) in [6, 6.07) is 2.67. The van der Waals surface area contributed by atoms with Crippen LogP contribution < -0.4 is 0 Å². The highest BCUT2D eigenvalue weighted by Gasteiger charge is 2.17. The van der Waals surface area contributed by atoms with Crippen LogP contribution in [0, 0.1) is 11.6 Å². The fourth-order valence-corrected chi connectivity index (χ4v) is 1.50. The van der Waals surface area contributed by atoms with Crippen molar-refractivity contribution in [2.75, 3.05) is 0 Å². The van der Waals surface area contributed by atoms with Gasteiger partial charge in [-0.2, -0.15) is 0 Å². The van der Waals surface area contributed by atoms with Gasteiger partial charge in [0.25, 0.3) is 0 Å². The molecule has 0 saturated heterocycles. The lowest BCUT2D eigenvalue weighted by Gasteiger charge is -2.14. The summed E-state index contributed by atoms with van der Waals surface area (Å²) in [5.74, 6) is -1.58. The summed E-state index contributed by atoms with van der Waals surface area (Å²) in [5, 5.41) is 9.14. The zero-order chi connectivity index (χ0) is 9.42. The summed E-state index contributed by atoms with van der Waals surface area (Å²) in [7, 11) is 0. The zero-order valence-electron chi connectivity index (χ0n) is 6.85. The maximum Gasteiger partial charge on any atom is 0.162 e. The van der Waals surface area contributed by atoms with Crippen LogP contribution >= 0.6 is 0 Å². The first kappa shape index (κ1) is 8.23. The maximum atomic E-state index is 13.1. The molecule has 1 aromatic rings. The molecule has 0 bridgehead atoms. The summed E-state index contributed by atoms with van der Waals surface area (Å²) in [5.41, 5.74) is 1.02. The van der Waals surface area contributed by atoms with Crippen molar-refractivity contribution in [2.24, 2.45) is 0 Å². The molecule has 0 amide bonds. The highest BCUT2D eigenvalue weighted by Crippen LogP contribution is 2.24. The Hall–Kier alpha value is -1.38. The summed E-state index contributed by atoms with van der Waals surface area (Å²) < 4.78 is 25.9. The van der Waals surface area contributed by atoms with Crippen molar-refractivity contribution in [3.05, 3.63) is 46.7 Å². The molecule has 0 heterocycles. The van der Waals surface area contributed by atoms with Gasteiger partial charge in [-0.15, -0.1) is 0 Å². The van der Waals surface area contributed by atoms with E-state index in [0.717, 1.165) is 11.6 Å². The molecule has 0 aromatic heterocycles. The average molecular weight is 182 g/mol. The summed E-state index contributed by atoms with van der Waals surface area (Å²) >= 11 is 0. The lowest BCUT2D eigenvalue weighted by atomic mass is 9.95. The van der Waals surface area contributed by atoms with Crippen LogP contribution in [0.4, 0.5) is 8.78 Å². The number of allylic oxidation sites excluding steroid dienone is 2. The molecule has 0 radical (unpaired) electrons. The van der Waals surface area contributed by atoms with E-state index in [1.165, 1.54) is 0 Å². The van der Waals surface area contributed by atoms with Gasteiger partial charge in [0.1, 0.15) is 0 Å². The van der Waals surface area contributed by atoms with Crippen molar-refractivity contribution in [3.8, 4) is 0 Å². The predicted molar refractivity (Wildman–Crippen MR) is 44.5 cm³/mol. The van der Waals surface area contributed by atoms with Crippen LogP contribution in [-0.2, 0) is 12.8 Å². The van der Waals surface area contributed by atoms with Gasteiger partial charge in [-0.3, -0.25) is 0 Å². The molecular formula is C10H8F2O. The number of rotatable bonds is 0. The zero-order valence-corrected chi connectivity index (χ0v) is 6.85. The minimum atomic E-state index is -0.853. The molecule has 1 aromatic carbocycles. The van der Waals surface area contributed by atoms with E-state index in [2.05, 4.69) is 0 Å². The molecule has 0 atom stereocenters. The number of fused-ring (bicyclic) bond motifs is 1. The number of aliphatic hydroxyl groups is 1. The molecule has 1 aliphatic carbocycles. The minimum Gasteiger partial charge on any atom is -0.512 e. The Balaban J connectivity index is 2.54. The Labute approximate surface area is 74.3 Å². The van der Waals surface area contributed by atoms with E-state index in [0.29, 0.717) is 6.42 Å². The monoisotopic (exact) mass is 182 g/mol. The van der Waals surface area contributed by atoms with Crippen molar-refractivity contribution >= 4 is 0 Å². The van der Waals surface area contributed by atoms with Crippen molar-refractivity contribution in [3.63, 3.8) is 0 Å². The highest BCUT2D eigenvalue weighted by atomic mass is 19.2. The molecule has 0 spiro atoms. The van der Waals surface area contributed by atoms with Crippen LogP contribution in [-0.4, -0.2) is 5.11 Å². The number of hydrogen-bond acceptors (Lipinski definition) is 1. The molecule has 1 N–H and O–H groups in total. The highest BCUT2D eigenvalue weighted by molar-refractivity contribution is 5.36. The second-order valence-electron chi connectivity index (χ2n) is 3.08.